The van der Waals surface area contributed by atoms with Gasteiger partial charge >= 0.3 is 0 Å². The highest BCUT2D eigenvalue weighted by Crippen LogP contribution is 2.49. The van der Waals surface area contributed by atoms with Gasteiger partial charge in [-0.15, -0.1) is 90.7 Å². The number of benzene rings is 20. The Morgan fingerprint density at radius 1 is 0.125 bits per heavy atom. The lowest BCUT2D eigenvalue weighted by atomic mass is 9.95. The maximum Gasteiger partial charge on any atom is 0.0390 e. The lowest BCUT2D eigenvalue weighted by Crippen LogP contribution is -1.87. The van der Waals surface area contributed by atoms with Crippen molar-refractivity contribution in [2.45, 2.75) is 158 Å². The highest BCUT2D eigenvalue weighted by molar-refractivity contribution is 7.29. The van der Waals surface area contributed by atoms with Crippen molar-refractivity contribution in [3.05, 3.63) is 433 Å². The van der Waals surface area contributed by atoms with E-state index in [4.69, 9.17) is 0 Å². The van der Waals surface area contributed by atoms with E-state index in [1.807, 2.05) is 90.7 Å². The Hall–Kier alpha value is -12.8. The fraction of sp³-hybridized carbons (Fsp3) is 0.176. The Kier molecular flexibility index (Phi) is 28.4. The summed E-state index contributed by atoms with van der Waals surface area (Å²) in [6.07, 6.45) is 0. The van der Waals surface area contributed by atoms with E-state index in [1.165, 1.54) is 249 Å². The van der Waals surface area contributed by atoms with Crippen molar-refractivity contribution in [2.75, 3.05) is 0 Å². The average molecular weight is 2010 g/mol. The fourth-order valence-electron chi connectivity index (χ4n) is 20.7. The van der Waals surface area contributed by atoms with Crippen LogP contribution in [0.2, 0.25) is 0 Å². The van der Waals surface area contributed by atoms with Gasteiger partial charge in [-0.3, -0.25) is 0 Å². The molecular formula is C136H120S8. The molecule has 0 spiro atoms. The zero-order valence-corrected chi connectivity index (χ0v) is 91.4. The molecule has 0 N–H and O–H groups in total. The predicted molar refractivity (Wildman–Crippen MR) is 657 cm³/mol. The van der Waals surface area contributed by atoms with Crippen molar-refractivity contribution in [2.24, 2.45) is 0 Å². The number of rotatable bonds is 8. The SMILES string of the molecule is CC(C)c1ccc2c(c1)sc1ccc3ccccc3c12.CC(C)c1ccc2c(c1)sc1ccccc12.CC(C)c1ccc2sc3ccc4ccccc4c3c2c1.CC(C)c1ccc2sc3ccccc3c2c1.CC(C)c1cccc2c1sc1ccc3ccccc3c12.CC(C)c1cccc2c1sc1ccccc12.CC(C)c1cccc2sc3ccc4ccccc4c3c12.CC(C)c1cccc2sc3ccccc3c12. The minimum absolute atomic E-state index is 0.551. The molecule has 20 aromatic carbocycles. The van der Waals surface area contributed by atoms with Crippen LogP contribution in [0.4, 0.5) is 0 Å². The summed E-state index contributed by atoms with van der Waals surface area (Å²) in [6.45, 7) is 36.2. The van der Waals surface area contributed by atoms with Crippen LogP contribution in [0.25, 0.3) is 204 Å². The smallest absolute Gasteiger partial charge is 0.0390 e. The number of thiophene rings is 8. The van der Waals surface area contributed by atoms with Crippen LogP contribution in [-0.4, -0.2) is 0 Å². The first-order valence-corrected chi connectivity index (χ1v) is 57.5. The van der Waals surface area contributed by atoms with Crippen molar-refractivity contribution in [3.63, 3.8) is 0 Å². The van der Waals surface area contributed by atoms with Crippen LogP contribution in [0.1, 0.15) is 203 Å². The Morgan fingerprint density at radius 2 is 0.368 bits per heavy atom. The van der Waals surface area contributed by atoms with Gasteiger partial charge in [0.05, 0.1) is 0 Å². The summed E-state index contributed by atoms with van der Waals surface area (Å²) in [7, 11) is 0. The van der Waals surface area contributed by atoms with E-state index in [2.05, 4.69) is 499 Å². The molecule has 0 fully saturated rings. The molecular weight excluding hydrogens is 1890 g/mol. The first-order valence-electron chi connectivity index (χ1n) is 51.0. The van der Waals surface area contributed by atoms with Crippen molar-refractivity contribution in [3.8, 4) is 0 Å². The summed E-state index contributed by atoms with van der Waals surface area (Å²) in [5.74, 6) is 4.66. The van der Waals surface area contributed by atoms with E-state index in [-0.39, 0.29) is 0 Å². The van der Waals surface area contributed by atoms with Gasteiger partial charge in [0.15, 0.2) is 0 Å². The highest BCUT2D eigenvalue weighted by atomic mass is 32.1. The Morgan fingerprint density at radius 3 is 0.854 bits per heavy atom. The van der Waals surface area contributed by atoms with Crippen molar-refractivity contribution < 1.29 is 0 Å². The van der Waals surface area contributed by atoms with E-state index < -0.39 is 0 Å². The monoisotopic (exact) mass is 2010 g/mol. The van der Waals surface area contributed by atoms with Crippen LogP contribution < -0.4 is 0 Å². The molecule has 0 amide bonds. The number of fused-ring (bicyclic) bond motifs is 32. The normalized spacial score (nSPS) is 11.8. The third-order valence-electron chi connectivity index (χ3n) is 28.4. The zero-order chi connectivity index (χ0) is 99.2. The molecule has 0 atom stereocenters. The summed E-state index contributed by atoms with van der Waals surface area (Å²) >= 11 is 15.2. The molecule has 712 valence electrons. The first-order chi connectivity index (χ1) is 70.0. The zero-order valence-electron chi connectivity index (χ0n) is 84.8. The average Bonchev–Trinajstić information content (AvgIpc) is 1.58. The van der Waals surface area contributed by atoms with Crippen LogP contribution >= 0.6 is 90.7 Å². The van der Waals surface area contributed by atoms with E-state index in [1.54, 1.807) is 0 Å². The molecule has 0 aliphatic rings. The Labute approximate surface area is 877 Å². The molecule has 28 rings (SSSR count). The Bertz CT molecular complexity index is 9500. The molecule has 28 aromatic rings. The summed E-state index contributed by atoms with van der Waals surface area (Å²) < 4.78 is 22.5. The van der Waals surface area contributed by atoms with Crippen molar-refractivity contribution in [1.29, 1.82) is 0 Å². The van der Waals surface area contributed by atoms with Crippen LogP contribution in [-0.2, 0) is 0 Å². The molecule has 0 radical (unpaired) electrons. The van der Waals surface area contributed by atoms with Gasteiger partial charge in [-0.05, 0) is 232 Å². The second kappa shape index (κ2) is 42.1. The van der Waals surface area contributed by atoms with Crippen LogP contribution in [0.5, 0.6) is 0 Å². The molecule has 8 heterocycles. The number of hydrogen-bond acceptors (Lipinski definition) is 8. The fourth-order valence-corrected chi connectivity index (χ4v) is 30.2. The van der Waals surface area contributed by atoms with Gasteiger partial charge in [0, 0.05) is 161 Å². The lowest BCUT2D eigenvalue weighted by Gasteiger charge is -2.08. The molecule has 8 aromatic heterocycles. The molecule has 144 heavy (non-hydrogen) atoms. The van der Waals surface area contributed by atoms with E-state index in [0.717, 1.165) is 0 Å². The second-order valence-corrected chi connectivity index (χ2v) is 49.2. The second-order valence-electron chi connectivity index (χ2n) is 40.6. The minimum atomic E-state index is 0.551. The molecule has 8 heteroatoms. The van der Waals surface area contributed by atoms with Gasteiger partial charge in [0.1, 0.15) is 0 Å². The Balaban J connectivity index is 0.0000000972. The van der Waals surface area contributed by atoms with Crippen molar-refractivity contribution in [1.82, 2.24) is 0 Å². The predicted octanol–water partition coefficient (Wildman–Crippen LogP) is 46.0. The summed E-state index contributed by atoms with van der Waals surface area (Å²) in [6, 6.07) is 142. The molecule has 0 aliphatic carbocycles. The van der Waals surface area contributed by atoms with Gasteiger partial charge < -0.3 is 0 Å². The maximum absolute atomic E-state index is 2.38. The van der Waals surface area contributed by atoms with E-state index >= 15 is 0 Å². The summed E-state index contributed by atoms with van der Waals surface area (Å²) in [4.78, 5) is 0. The molecule has 0 unspecified atom stereocenters. The standard InChI is InChI=1S/4C19H16S.4C15H14S/c1-12(2)14-8-5-9-16-18-15-7-4-3-6-13(15)10-11-17(18)20-19(14)16;1-12(2)14-8-5-9-16-18(14)19-15-7-4-3-6-13(15)10-11-17(19)20-16;1-12(2)14-8-9-17-16(11-14)19-15-6-4-3-5-13(15)7-10-18(19)20-17;1-12(2)14-7-9-16-18(11-14)20-17-10-8-13-5-3-4-6-15(13)19(16)17;1-10(2)11-7-5-8-13-12-6-3-4-9-14(12)16-15(11)13;1-10(2)11-7-5-9-14-15(11)12-6-3-4-8-13(12)16-14;1-10(2)11-7-8-15-13(9-11)12-5-3-4-6-14(12)16-15;1-10(2)11-7-8-13-12-5-3-4-6-14(12)16-15(13)9-11/h4*3-12H,1-2H3;4*3-10H,1-2H3. The molecule has 0 bridgehead atoms. The molecule has 0 saturated heterocycles. The van der Waals surface area contributed by atoms with Crippen molar-refractivity contribution >= 4 is 295 Å². The molecule has 0 saturated carbocycles. The molecule has 0 aliphatic heterocycles. The van der Waals surface area contributed by atoms with Crippen LogP contribution in [0, 0.1) is 0 Å². The quantitative estimate of drug-likeness (QED) is 0.142. The third-order valence-corrected chi connectivity index (χ3v) is 37.7. The minimum Gasteiger partial charge on any atom is -0.135 e. The van der Waals surface area contributed by atoms with E-state index in [9.17, 15) is 0 Å². The summed E-state index contributed by atoms with van der Waals surface area (Å²) in [5.41, 5.74) is 11.6. The first kappa shape index (κ1) is 97.3. The maximum atomic E-state index is 2.38. The van der Waals surface area contributed by atoms with Gasteiger partial charge in [-0.1, -0.05) is 402 Å². The third kappa shape index (κ3) is 19.4. The van der Waals surface area contributed by atoms with Crippen LogP contribution in [0.15, 0.2) is 388 Å². The summed E-state index contributed by atoms with van der Waals surface area (Å²) in [5, 5.41) is 33.4. The van der Waals surface area contributed by atoms with Gasteiger partial charge in [0.25, 0.3) is 0 Å². The molecule has 0 nitrogen and oxygen atoms in total. The van der Waals surface area contributed by atoms with Gasteiger partial charge in [0.2, 0.25) is 0 Å². The lowest BCUT2D eigenvalue weighted by molar-refractivity contribution is 0.869. The van der Waals surface area contributed by atoms with Crippen LogP contribution in [0.3, 0.4) is 0 Å². The number of hydrogen-bond donors (Lipinski definition) is 0. The van der Waals surface area contributed by atoms with E-state index in [0.29, 0.717) is 47.3 Å². The van der Waals surface area contributed by atoms with Gasteiger partial charge in [-0.25, -0.2) is 0 Å². The highest BCUT2D eigenvalue weighted by Gasteiger charge is 2.21. The largest absolute Gasteiger partial charge is 0.135 e. The van der Waals surface area contributed by atoms with Gasteiger partial charge in [-0.2, -0.15) is 0 Å². The topological polar surface area (TPSA) is 0 Å².